The molecule has 2 atom stereocenters. The number of aliphatic hydroxyl groups excluding tert-OH is 1. The van der Waals surface area contributed by atoms with E-state index in [0.717, 1.165) is 11.5 Å². The number of unbranched alkanes of at least 4 members (excludes halogenated alkanes) is 13. The Morgan fingerprint density at radius 1 is 0.818 bits per heavy atom. The largest absolute Gasteiger partial charge is 0.466 e. The van der Waals surface area contributed by atoms with E-state index in [1.165, 1.54) is 96.1 Å². The van der Waals surface area contributed by atoms with Crippen molar-refractivity contribution in [3.63, 3.8) is 0 Å². The summed E-state index contributed by atoms with van der Waals surface area (Å²) in [5, 5.41) is 9.47. The first-order chi connectivity index (χ1) is 15.4. The predicted molar refractivity (Wildman–Crippen MR) is 140 cm³/mol. The van der Waals surface area contributed by atoms with Crippen LogP contribution in [0, 0.1) is 5.92 Å². The zero-order valence-corrected chi connectivity index (χ0v) is 23.5. The molecule has 0 aromatic rings. The molecule has 0 spiro atoms. The Labute approximate surface area is 207 Å². The Balaban J connectivity index is 0. The first kappa shape index (κ1) is 35.5. The summed E-state index contributed by atoms with van der Waals surface area (Å²) in [6.45, 7) is 4.12. The molecule has 0 saturated heterocycles. The number of aliphatic hydroxyl groups is 1. The Bertz CT molecular complexity index is 565. The maximum absolute atomic E-state index is 11.3. The number of thioether (sulfide) groups is 1. The summed E-state index contributed by atoms with van der Waals surface area (Å²) in [5.74, 6) is 1.88. The molecular formula is C22H50NO7PS2. The highest BCUT2D eigenvalue weighted by Crippen LogP contribution is 2.25. The van der Waals surface area contributed by atoms with Crippen molar-refractivity contribution in [1.29, 1.82) is 0 Å². The molecule has 0 amide bonds. The number of nitrogens with one attached hydrogen (secondary N) is 1. The van der Waals surface area contributed by atoms with Crippen molar-refractivity contribution in [3.05, 3.63) is 0 Å². The molecule has 0 bridgehead atoms. The highest BCUT2D eigenvalue weighted by molar-refractivity contribution is 7.99. The molecule has 2 unspecified atom stereocenters. The molecule has 0 fully saturated rings. The van der Waals surface area contributed by atoms with Gasteiger partial charge in [0.25, 0.3) is 0 Å². The zero-order valence-electron chi connectivity index (χ0n) is 21.0. The maximum atomic E-state index is 11.3. The van der Waals surface area contributed by atoms with Crippen LogP contribution in [0.15, 0.2) is 0 Å². The van der Waals surface area contributed by atoms with Gasteiger partial charge in [-0.15, -0.1) is 0 Å². The van der Waals surface area contributed by atoms with E-state index in [2.05, 4.69) is 11.6 Å². The maximum Gasteiger partial charge on any atom is 0.466 e. The Morgan fingerprint density at radius 2 is 1.18 bits per heavy atom. The summed E-state index contributed by atoms with van der Waals surface area (Å²) in [6.07, 6.45) is 20.4. The van der Waals surface area contributed by atoms with Gasteiger partial charge in [-0.1, -0.05) is 90.4 Å². The molecule has 0 aliphatic heterocycles. The van der Waals surface area contributed by atoms with Crippen LogP contribution < -0.4 is 4.72 Å². The molecule has 0 rings (SSSR count). The van der Waals surface area contributed by atoms with E-state index < -0.39 is 17.8 Å². The second-order valence-corrected chi connectivity index (χ2v) is 12.8. The summed E-state index contributed by atoms with van der Waals surface area (Å²) in [5.41, 5.74) is 0. The molecule has 0 aliphatic carbocycles. The van der Waals surface area contributed by atoms with Crippen LogP contribution in [0.1, 0.15) is 104 Å². The van der Waals surface area contributed by atoms with Gasteiger partial charge in [0.15, 0.2) is 0 Å². The first-order valence-electron chi connectivity index (χ1n) is 12.3. The third-order valence-corrected chi connectivity index (χ3v) is 7.36. The lowest BCUT2D eigenvalue weighted by Gasteiger charge is -2.21. The Kier molecular flexibility index (Phi) is 24.5. The summed E-state index contributed by atoms with van der Waals surface area (Å²) in [7, 11) is -7.85. The molecule has 5 N–H and O–H groups in total. The fraction of sp³-hybridized carbons (Fsp3) is 1.00. The lowest BCUT2D eigenvalue weighted by Crippen LogP contribution is -2.40. The second kappa shape index (κ2) is 22.8. The molecule has 0 saturated carbocycles. The molecule has 0 aliphatic rings. The number of sulfonamides is 1. The van der Waals surface area contributed by atoms with Crippen molar-refractivity contribution in [2.75, 3.05) is 24.4 Å². The molecule has 202 valence electrons. The molecule has 0 heterocycles. The van der Waals surface area contributed by atoms with Gasteiger partial charge in [-0.2, -0.15) is 11.8 Å². The topological polar surface area (TPSA) is 144 Å². The second-order valence-electron chi connectivity index (χ2n) is 8.81. The van der Waals surface area contributed by atoms with E-state index in [1.54, 1.807) is 0 Å². The molecule has 33 heavy (non-hydrogen) atoms. The minimum atomic E-state index is -4.64. The highest BCUT2D eigenvalue weighted by atomic mass is 32.2. The van der Waals surface area contributed by atoms with Gasteiger partial charge >= 0.3 is 7.82 Å². The van der Waals surface area contributed by atoms with Gasteiger partial charge in [0, 0.05) is 18.6 Å². The summed E-state index contributed by atoms with van der Waals surface area (Å²) in [6, 6.07) is -0.219. The van der Waals surface area contributed by atoms with Crippen molar-refractivity contribution in [1.82, 2.24) is 4.72 Å². The Hall–Kier alpha value is 0.330. The number of hydrogen-bond acceptors (Lipinski definition) is 5. The zero-order chi connectivity index (χ0) is 25.6. The third-order valence-electron chi connectivity index (χ3n) is 5.32. The quantitative estimate of drug-likeness (QED) is 0.104. The monoisotopic (exact) mass is 535 g/mol. The van der Waals surface area contributed by atoms with E-state index in [9.17, 15) is 13.5 Å². The van der Waals surface area contributed by atoms with Crippen molar-refractivity contribution in [3.8, 4) is 0 Å². The average molecular weight is 536 g/mol. The van der Waals surface area contributed by atoms with Crippen LogP contribution in [0.2, 0.25) is 0 Å². The summed E-state index contributed by atoms with van der Waals surface area (Å²) >= 11 is 1.83. The van der Waals surface area contributed by atoms with Crippen molar-refractivity contribution in [2.45, 2.75) is 110 Å². The third kappa shape index (κ3) is 34.6. The average Bonchev–Trinajstić information content (AvgIpc) is 2.68. The van der Waals surface area contributed by atoms with Crippen molar-refractivity contribution < 1.29 is 32.8 Å². The van der Waals surface area contributed by atoms with E-state index >= 15 is 0 Å². The summed E-state index contributed by atoms with van der Waals surface area (Å²) < 4.78 is 34.0. The molecule has 8 nitrogen and oxygen atoms in total. The van der Waals surface area contributed by atoms with Gasteiger partial charge in [0.2, 0.25) is 10.0 Å². The fourth-order valence-electron chi connectivity index (χ4n) is 3.42. The molecular weight excluding hydrogens is 485 g/mol. The highest BCUT2D eigenvalue weighted by Gasteiger charge is 2.19. The van der Waals surface area contributed by atoms with E-state index in [1.807, 2.05) is 18.7 Å². The van der Waals surface area contributed by atoms with Gasteiger partial charge in [0.05, 0.1) is 6.26 Å². The van der Waals surface area contributed by atoms with Crippen LogP contribution in [0.5, 0.6) is 0 Å². The Morgan fingerprint density at radius 3 is 1.52 bits per heavy atom. The molecule has 11 heteroatoms. The van der Waals surface area contributed by atoms with Gasteiger partial charge in [0.1, 0.15) is 0 Å². The molecule has 0 aromatic heterocycles. The lowest BCUT2D eigenvalue weighted by atomic mass is 10.0. The van der Waals surface area contributed by atoms with E-state index in [4.69, 9.17) is 19.2 Å². The molecule has 0 radical (unpaired) electrons. The van der Waals surface area contributed by atoms with Crippen LogP contribution in [-0.4, -0.2) is 58.6 Å². The number of phosphoric acid groups is 1. The first-order valence-corrected chi connectivity index (χ1v) is 17.0. The smallest absolute Gasteiger partial charge is 0.396 e. The van der Waals surface area contributed by atoms with Crippen LogP contribution in [-0.2, 0) is 14.6 Å². The predicted octanol–water partition coefficient (Wildman–Crippen LogP) is 4.82. The normalized spacial score (nSPS) is 13.9. The van der Waals surface area contributed by atoms with E-state index in [0.29, 0.717) is 0 Å². The van der Waals surface area contributed by atoms with Gasteiger partial charge in [-0.05, 0) is 24.9 Å². The van der Waals surface area contributed by atoms with Gasteiger partial charge < -0.3 is 19.8 Å². The van der Waals surface area contributed by atoms with Gasteiger partial charge in [-0.3, -0.25) is 0 Å². The van der Waals surface area contributed by atoms with E-state index in [-0.39, 0.29) is 18.6 Å². The minimum absolute atomic E-state index is 0.0219. The molecule has 0 aromatic carbocycles. The number of hydrogen-bond donors (Lipinski definition) is 5. The van der Waals surface area contributed by atoms with Crippen LogP contribution >= 0.6 is 19.6 Å². The van der Waals surface area contributed by atoms with Gasteiger partial charge in [-0.25, -0.2) is 17.7 Å². The summed E-state index contributed by atoms with van der Waals surface area (Å²) in [4.78, 5) is 21.6. The van der Waals surface area contributed by atoms with Crippen LogP contribution in [0.4, 0.5) is 0 Å². The van der Waals surface area contributed by atoms with Crippen molar-refractivity contribution in [2.24, 2.45) is 5.92 Å². The lowest BCUT2D eigenvalue weighted by molar-refractivity contribution is 0.219. The van der Waals surface area contributed by atoms with Crippen molar-refractivity contribution >= 4 is 29.6 Å². The van der Waals surface area contributed by atoms with Crippen LogP contribution in [0.3, 0.4) is 0 Å². The van der Waals surface area contributed by atoms with Crippen LogP contribution in [0.25, 0.3) is 0 Å². The fourth-order valence-corrected chi connectivity index (χ4v) is 5.56. The number of rotatable bonds is 21. The minimum Gasteiger partial charge on any atom is -0.396 e. The SMILES string of the molecule is CCCCCCCCCCCCCCCCSCC(CO)C(C)NS(C)(=O)=O.O=P(O)(O)O. The standard InChI is InChI=1S/C22H47NO3S2.H3O4P/c1-4-5-6-7-8-9-10-11-12-13-14-15-16-17-18-27-20-22(19-24)21(2)23-28(3,25)26;1-5(2,3)4/h21-24H,4-20H2,1-3H3;(H3,1,2,3,4).